The van der Waals surface area contributed by atoms with Gasteiger partial charge in [0.2, 0.25) is 0 Å². The van der Waals surface area contributed by atoms with Crippen molar-refractivity contribution >= 4 is 11.6 Å². The average Bonchev–Trinajstić information content (AvgIpc) is 2.82. The molecule has 1 amide bonds. The summed E-state index contributed by atoms with van der Waals surface area (Å²) >= 11 is 0. The third-order valence-corrected chi connectivity index (χ3v) is 4.69. The van der Waals surface area contributed by atoms with Crippen LogP contribution in [0.3, 0.4) is 0 Å². The molecular formula is C25H21N3O3. The van der Waals surface area contributed by atoms with Gasteiger partial charge in [0.15, 0.2) is 0 Å². The molecule has 1 heterocycles. The molecule has 0 fully saturated rings. The van der Waals surface area contributed by atoms with Crippen LogP contribution in [0.4, 0.5) is 5.69 Å². The van der Waals surface area contributed by atoms with E-state index in [1.165, 1.54) is 0 Å². The van der Waals surface area contributed by atoms with Crippen molar-refractivity contribution < 1.29 is 14.3 Å². The van der Waals surface area contributed by atoms with E-state index in [2.05, 4.69) is 15.3 Å². The van der Waals surface area contributed by atoms with E-state index in [-0.39, 0.29) is 11.9 Å². The van der Waals surface area contributed by atoms with Crippen molar-refractivity contribution in [3.05, 3.63) is 96.3 Å². The third-order valence-electron chi connectivity index (χ3n) is 4.69. The number of aryl methyl sites for hydroxylation is 1. The van der Waals surface area contributed by atoms with E-state index in [0.29, 0.717) is 11.3 Å². The highest BCUT2D eigenvalue weighted by Crippen LogP contribution is 2.23. The number of hydrogen-bond acceptors (Lipinski definition) is 5. The monoisotopic (exact) mass is 411 g/mol. The van der Waals surface area contributed by atoms with Crippen LogP contribution in [0.15, 0.2) is 85.2 Å². The van der Waals surface area contributed by atoms with Crippen molar-refractivity contribution in [3.63, 3.8) is 0 Å². The van der Waals surface area contributed by atoms with Crippen LogP contribution < -0.4 is 14.8 Å². The molecule has 6 heteroatoms. The Morgan fingerprint density at radius 1 is 0.774 bits per heavy atom. The van der Waals surface area contributed by atoms with Crippen molar-refractivity contribution in [1.29, 1.82) is 0 Å². The highest BCUT2D eigenvalue weighted by atomic mass is 16.5. The van der Waals surface area contributed by atoms with Crippen molar-refractivity contribution in [2.75, 3.05) is 12.4 Å². The van der Waals surface area contributed by atoms with Crippen LogP contribution in [-0.2, 0) is 0 Å². The van der Waals surface area contributed by atoms with E-state index in [9.17, 15) is 4.79 Å². The number of hydrogen-bond donors (Lipinski definition) is 1. The maximum Gasteiger partial charge on any atom is 0.321 e. The first-order chi connectivity index (χ1) is 15.1. The zero-order valence-corrected chi connectivity index (χ0v) is 17.2. The van der Waals surface area contributed by atoms with Crippen LogP contribution in [0, 0.1) is 6.92 Å². The smallest absolute Gasteiger partial charge is 0.321 e. The van der Waals surface area contributed by atoms with Gasteiger partial charge in [-0.25, -0.2) is 9.97 Å². The van der Waals surface area contributed by atoms with Gasteiger partial charge in [-0.1, -0.05) is 29.8 Å². The number of methoxy groups -OCH3 is 1. The predicted octanol–water partition coefficient (Wildman–Crippen LogP) is 5.51. The van der Waals surface area contributed by atoms with Crippen molar-refractivity contribution in [1.82, 2.24) is 9.97 Å². The van der Waals surface area contributed by atoms with Gasteiger partial charge in [-0.3, -0.25) is 4.79 Å². The molecule has 4 rings (SSSR count). The van der Waals surface area contributed by atoms with Crippen LogP contribution in [0.1, 0.15) is 15.9 Å². The molecule has 1 aromatic heterocycles. The first-order valence-electron chi connectivity index (χ1n) is 9.73. The Balaban J connectivity index is 1.41. The molecule has 0 bridgehead atoms. The van der Waals surface area contributed by atoms with Crippen LogP contribution >= 0.6 is 0 Å². The lowest BCUT2D eigenvalue weighted by molar-refractivity contribution is 0.102. The second-order valence-corrected chi connectivity index (χ2v) is 6.93. The molecule has 6 nitrogen and oxygen atoms in total. The number of carbonyl (C=O) groups excluding carboxylic acids is 1. The molecule has 0 saturated carbocycles. The topological polar surface area (TPSA) is 73.3 Å². The van der Waals surface area contributed by atoms with Crippen LogP contribution in [0.25, 0.3) is 11.1 Å². The fraction of sp³-hybridized carbons (Fsp3) is 0.0800. The maximum absolute atomic E-state index is 12.4. The summed E-state index contributed by atoms with van der Waals surface area (Å²) in [5, 5.41) is 2.89. The lowest BCUT2D eigenvalue weighted by Gasteiger charge is -2.08. The van der Waals surface area contributed by atoms with Gasteiger partial charge in [0, 0.05) is 29.2 Å². The fourth-order valence-electron chi connectivity index (χ4n) is 2.92. The zero-order valence-electron chi connectivity index (χ0n) is 17.2. The molecule has 0 saturated heterocycles. The van der Waals surface area contributed by atoms with Crippen molar-refractivity contribution in [3.8, 4) is 28.6 Å². The van der Waals surface area contributed by atoms with E-state index in [1.807, 2.05) is 43.3 Å². The average molecular weight is 411 g/mol. The largest absolute Gasteiger partial charge is 0.497 e. The summed E-state index contributed by atoms with van der Waals surface area (Å²) in [7, 11) is 1.61. The first kappa shape index (κ1) is 20.1. The van der Waals surface area contributed by atoms with E-state index in [1.54, 1.807) is 55.9 Å². The summed E-state index contributed by atoms with van der Waals surface area (Å²) < 4.78 is 10.8. The van der Waals surface area contributed by atoms with Gasteiger partial charge in [-0.15, -0.1) is 0 Å². The van der Waals surface area contributed by atoms with Gasteiger partial charge in [-0.2, -0.15) is 0 Å². The number of anilines is 1. The number of aromatic nitrogens is 2. The molecule has 1 N–H and O–H groups in total. The Hall–Kier alpha value is -4.19. The maximum atomic E-state index is 12.4. The number of ether oxygens (including phenoxy) is 2. The van der Waals surface area contributed by atoms with E-state index in [0.717, 1.165) is 28.1 Å². The summed E-state index contributed by atoms with van der Waals surface area (Å²) in [4.78, 5) is 21.0. The molecular weight excluding hydrogens is 390 g/mol. The number of benzene rings is 3. The summed E-state index contributed by atoms with van der Waals surface area (Å²) in [6, 6.07) is 22.4. The number of amides is 1. The molecule has 31 heavy (non-hydrogen) atoms. The summed E-state index contributed by atoms with van der Waals surface area (Å²) in [5.74, 6) is 1.21. The second kappa shape index (κ2) is 9.09. The highest BCUT2D eigenvalue weighted by Gasteiger charge is 2.08. The summed E-state index contributed by atoms with van der Waals surface area (Å²) in [5.41, 5.74) is 4.21. The normalized spacial score (nSPS) is 10.4. The number of nitrogens with zero attached hydrogens (tertiary/aromatic N) is 2. The Morgan fingerprint density at radius 2 is 1.39 bits per heavy atom. The van der Waals surface area contributed by atoms with Crippen LogP contribution in [0.2, 0.25) is 0 Å². The summed E-state index contributed by atoms with van der Waals surface area (Å²) in [6.07, 6.45) is 3.38. The molecule has 0 aliphatic rings. The minimum atomic E-state index is -0.158. The molecule has 4 aromatic rings. The number of nitrogens with one attached hydrogen (secondary N) is 1. The van der Waals surface area contributed by atoms with Crippen LogP contribution in [0.5, 0.6) is 17.5 Å². The number of carbonyl (C=O) groups is 1. The van der Waals surface area contributed by atoms with Gasteiger partial charge in [0.1, 0.15) is 11.5 Å². The number of rotatable bonds is 6. The van der Waals surface area contributed by atoms with E-state index in [4.69, 9.17) is 9.47 Å². The molecule has 0 radical (unpaired) electrons. The third kappa shape index (κ3) is 5.05. The SMILES string of the molecule is COc1ccc(Oc2ncc(-c3ccc(C(=O)Nc4ccc(C)cc4)cc3)cn2)cc1. The summed E-state index contributed by atoms with van der Waals surface area (Å²) in [6.45, 7) is 2.01. The van der Waals surface area contributed by atoms with Gasteiger partial charge in [0.25, 0.3) is 5.91 Å². The Labute approximate surface area is 180 Å². The zero-order chi connectivity index (χ0) is 21.6. The molecule has 0 unspecified atom stereocenters. The highest BCUT2D eigenvalue weighted by molar-refractivity contribution is 6.04. The Kier molecular flexibility index (Phi) is 5.89. The standard InChI is InChI=1S/C25H21N3O3/c1-17-3-9-21(10-4-17)28-24(29)19-7-5-18(6-8-19)20-15-26-25(27-16-20)31-23-13-11-22(30-2)12-14-23/h3-16H,1-2H3,(H,28,29). The van der Waals surface area contributed by atoms with Crippen molar-refractivity contribution in [2.24, 2.45) is 0 Å². The van der Waals surface area contributed by atoms with E-state index >= 15 is 0 Å². The first-order valence-corrected chi connectivity index (χ1v) is 9.73. The lowest BCUT2D eigenvalue weighted by Crippen LogP contribution is -2.11. The molecule has 0 aliphatic carbocycles. The molecule has 0 aliphatic heterocycles. The Bertz CT molecular complexity index is 1150. The van der Waals surface area contributed by atoms with E-state index < -0.39 is 0 Å². The van der Waals surface area contributed by atoms with Gasteiger partial charge in [-0.05, 0) is 61.0 Å². The van der Waals surface area contributed by atoms with Crippen LogP contribution in [-0.4, -0.2) is 23.0 Å². The molecule has 0 atom stereocenters. The molecule has 0 spiro atoms. The fourth-order valence-corrected chi connectivity index (χ4v) is 2.92. The predicted molar refractivity (Wildman–Crippen MR) is 120 cm³/mol. The molecule has 3 aromatic carbocycles. The second-order valence-electron chi connectivity index (χ2n) is 6.93. The lowest BCUT2D eigenvalue weighted by atomic mass is 10.1. The minimum Gasteiger partial charge on any atom is -0.497 e. The van der Waals surface area contributed by atoms with Gasteiger partial charge in [0.05, 0.1) is 7.11 Å². The Morgan fingerprint density at radius 3 is 2.00 bits per heavy atom. The minimum absolute atomic E-state index is 0.158. The quantitative estimate of drug-likeness (QED) is 0.453. The van der Waals surface area contributed by atoms with Crippen molar-refractivity contribution in [2.45, 2.75) is 6.92 Å². The van der Waals surface area contributed by atoms with Gasteiger partial charge >= 0.3 is 6.01 Å². The van der Waals surface area contributed by atoms with Gasteiger partial charge < -0.3 is 14.8 Å². The molecule has 154 valence electrons.